The molecule has 6 nitrogen and oxygen atoms in total. The fraction of sp³-hybridized carbons (Fsp3) is 0.400. The third kappa shape index (κ3) is 1.38. The number of rotatable bonds is 1. The van der Waals surface area contributed by atoms with Gasteiger partial charge in [-0.1, -0.05) is 0 Å². The number of hydrogen-bond donors (Lipinski definition) is 1. The number of nitrogens with one attached hydrogen (secondary N) is 1. The monoisotopic (exact) mass is 216 g/mol. The van der Waals surface area contributed by atoms with E-state index in [2.05, 4.69) is 37.0 Å². The average molecular weight is 216 g/mol. The molecule has 82 valence electrons. The number of aromatic nitrogens is 5. The average Bonchev–Trinajstić information content (AvgIpc) is 2.75. The van der Waals surface area contributed by atoms with Gasteiger partial charge in [0.15, 0.2) is 5.82 Å². The molecule has 0 aliphatic carbocycles. The first-order valence-electron chi connectivity index (χ1n) is 5.28. The highest BCUT2D eigenvalue weighted by Crippen LogP contribution is 2.21. The fourth-order valence-corrected chi connectivity index (χ4v) is 1.97. The second-order valence-electron chi connectivity index (χ2n) is 3.84. The Labute approximate surface area is 92.8 Å². The maximum absolute atomic E-state index is 4.21. The van der Waals surface area contributed by atoms with E-state index < -0.39 is 0 Å². The van der Waals surface area contributed by atoms with Crippen molar-refractivity contribution in [2.45, 2.75) is 19.5 Å². The Morgan fingerprint density at radius 2 is 2.12 bits per heavy atom. The summed E-state index contributed by atoms with van der Waals surface area (Å²) in [5, 5.41) is 11.8. The van der Waals surface area contributed by atoms with Gasteiger partial charge in [0.2, 0.25) is 0 Å². The minimum Gasteiger partial charge on any atom is -0.308 e. The molecule has 0 fully saturated rings. The summed E-state index contributed by atoms with van der Waals surface area (Å²) >= 11 is 0. The third-order valence-corrected chi connectivity index (χ3v) is 2.77. The molecule has 0 aromatic carbocycles. The molecular formula is C10H12N6. The Morgan fingerprint density at radius 1 is 1.31 bits per heavy atom. The summed E-state index contributed by atoms with van der Waals surface area (Å²) in [5.74, 6) is 1.83. The van der Waals surface area contributed by atoms with Crippen LogP contribution in [0.3, 0.4) is 0 Å². The predicted molar refractivity (Wildman–Crippen MR) is 57.5 cm³/mol. The topological polar surface area (TPSA) is 68.5 Å². The van der Waals surface area contributed by atoms with Crippen molar-refractivity contribution in [3.63, 3.8) is 0 Å². The number of fused-ring (bicyclic) bond motifs is 1. The minimum atomic E-state index is 0.250. The van der Waals surface area contributed by atoms with Gasteiger partial charge >= 0.3 is 0 Å². The molecule has 1 aliphatic heterocycles. The molecule has 1 unspecified atom stereocenters. The van der Waals surface area contributed by atoms with Crippen LogP contribution in [0.2, 0.25) is 0 Å². The molecule has 0 spiro atoms. The van der Waals surface area contributed by atoms with Crippen LogP contribution in [-0.2, 0) is 6.54 Å². The van der Waals surface area contributed by atoms with Crippen molar-refractivity contribution >= 4 is 0 Å². The summed E-state index contributed by atoms with van der Waals surface area (Å²) in [6.45, 7) is 3.91. The summed E-state index contributed by atoms with van der Waals surface area (Å²) in [5.41, 5.74) is 0.912. The van der Waals surface area contributed by atoms with Crippen molar-refractivity contribution < 1.29 is 0 Å². The molecule has 2 aromatic heterocycles. The van der Waals surface area contributed by atoms with Crippen LogP contribution in [0.4, 0.5) is 0 Å². The number of hydrogen-bond acceptors (Lipinski definition) is 5. The zero-order chi connectivity index (χ0) is 11.0. The van der Waals surface area contributed by atoms with E-state index in [1.54, 1.807) is 12.4 Å². The van der Waals surface area contributed by atoms with E-state index in [0.717, 1.165) is 30.3 Å². The lowest BCUT2D eigenvalue weighted by molar-refractivity contribution is 0.439. The Hall–Kier alpha value is -1.82. The highest BCUT2D eigenvalue weighted by molar-refractivity contribution is 5.52. The SMILES string of the molecule is CC1NCCn2c(-c3cncnc3)nnc21. The Bertz CT molecular complexity index is 491. The zero-order valence-corrected chi connectivity index (χ0v) is 8.96. The molecule has 16 heavy (non-hydrogen) atoms. The Morgan fingerprint density at radius 3 is 2.94 bits per heavy atom. The normalized spacial score (nSPS) is 19.4. The van der Waals surface area contributed by atoms with Gasteiger partial charge in [0.25, 0.3) is 0 Å². The molecular weight excluding hydrogens is 204 g/mol. The van der Waals surface area contributed by atoms with E-state index in [9.17, 15) is 0 Å². The van der Waals surface area contributed by atoms with Gasteiger partial charge in [0.05, 0.1) is 11.6 Å². The van der Waals surface area contributed by atoms with Gasteiger partial charge in [0, 0.05) is 25.5 Å². The third-order valence-electron chi connectivity index (χ3n) is 2.77. The molecule has 3 rings (SSSR count). The highest BCUT2D eigenvalue weighted by atomic mass is 15.3. The van der Waals surface area contributed by atoms with Crippen molar-refractivity contribution in [1.82, 2.24) is 30.0 Å². The lowest BCUT2D eigenvalue weighted by Crippen LogP contribution is -2.32. The van der Waals surface area contributed by atoms with E-state index in [-0.39, 0.29) is 6.04 Å². The van der Waals surface area contributed by atoms with Gasteiger partial charge in [-0.05, 0) is 6.92 Å². The van der Waals surface area contributed by atoms with Crippen molar-refractivity contribution in [1.29, 1.82) is 0 Å². The molecule has 0 bridgehead atoms. The first-order chi connectivity index (χ1) is 7.86. The molecule has 0 saturated carbocycles. The highest BCUT2D eigenvalue weighted by Gasteiger charge is 2.21. The summed E-state index contributed by atoms with van der Waals surface area (Å²) in [6, 6.07) is 0.250. The second kappa shape index (κ2) is 3.64. The van der Waals surface area contributed by atoms with Gasteiger partial charge in [-0.3, -0.25) is 0 Å². The molecule has 1 atom stereocenters. The van der Waals surface area contributed by atoms with E-state index in [1.807, 2.05) is 0 Å². The van der Waals surface area contributed by atoms with E-state index in [0.29, 0.717) is 0 Å². The minimum absolute atomic E-state index is 0.250. The van der Waals surface area contributed by atoms with Crippen molar-refractivity contribution in [3.05, 3.63) is 24.5 Å². The second-order valence-corrected chi connectivity index (χ2v) is 3.84. The molecule has 1 N–H and O–H groups in total. The largest absolute Gasteiger partial charge is 0.308 e. The van der Waals surface area contributed by atoms with Gasteiger partial charge in [-0.15, -0.1) is 10.2 Å². The summed E-state index contributed by atoms with van der Waals surface area (Å²) in [6.07, 6.45) is 5.04. The zero-order valence-electron chi connectivity index (χ0n) is 8.96. The molecule has 0 saturated heterocycles. The maximum atomic E-state index is 4.21. The van der Waals surface area contributed by atoms with Crippen molar-refractivity contribution in [2.24, 2.45) is 0 Å². The van der Waals surface area contributed by atoms with Crippen molar-refractivity contribution in [3.8, 4) is 11.4 Å². The Balaban J connectivity index is 2.10. The van der Waals surface area contributed by atoms with Crippen LogP contribution in [0, 0.1) is 0 Å². The van der Waals surface area contributed by atoms with Gasteiger partial charge in [0.1, 0.15) is 12.2 Å². The number of nitrogens with zero attached hydrogens (tertiary/aromatic N) is 5. The van der Waals surface area contributed by atoms with Crippen LogP contribution in [-0.4, -0.2) is 31.3 Å². The molecule has 2 aromatic rings. The summed E-state index contributed by atoms with van der Waals surface area (Å²) in [7, 11) is 0. The van der Waals surface area contributed by atoms with Gasteiger partial charge in [-0.2, -0.15) is 0 Å². The summed E-state index contributed by atoms with van der Waals surface area (Å²) < 4.78 is 2.12. The summed E-state index contributed by atoms with van der Waals surface area (Å²) in [4.78, 5) is 8.00. The lowest BCUT2D eigenvalue weighted by atomic mass is 10.2. The molecule has 6 heteroatoms. The van der Waals surface area contributed by atoms with Gasteiger partial charge in [-0.25, -0.2) is 9.97 Å². The van der Waals surface area contributed by atoms with Crippen molar-refractivity contribution in [2.75, 3.05) is 6.54 Å². The fourth-order valence-electron chi connectivity index (χ4n) is 1.97. The Kier molecular flexibility index (Phi) is 2.14. The molecule has 0 amide bonds. The van der Waals surface area contributed by atoms with E-state index in [1.165, 1.54) is 6.33 Å². The van der Waals surface area contributed by atoms with Gasteiger partial charge < -0.3 is 9.88 Å². The first-order valence-corrected chi connectivity index (χ1v) is 5.28. The quantitative estimate of drug-likeness (QED) is 0.747. The predicted octanol–water partition coefficient (Wildman–Crippen LogP) is 0.399. The van der Waals surface area contributed by atoms with Crippen LogP contribution >= 0.6 is 0 Å². The smallest absolute Gasteiger partial charge is 0.167 e. The van der Waals surface area contributed by atoms with E-state index in [4.69, 9.17) is 0 Å². The molecule has 0 radical (unpaired) electrons. The van der Waals surface area contributed by atoms with E-state index >= 15 is 0 Å². The molecule has 3 heterocycles. The van der Waals surface area contributed by atoms with Crippen LogP contribution in [0.25, 0.3) is 11.4 Å². The van der Waals surface area contributed by atoms with Crippen LogP contribution in [0.15, 0.2) is 18.7 Å². The molecule has 1 aliphatic rings. The standard InChI is InChI=1S/C10H12N6/c1-7-9-14-15-10(16(9)3-2-13-7)8-4-11-6-12-5-8/h4-7,13H,2-3H2,1H3. The lowest BCUT2D eigenvalue weighted by Gasteiger charge is -2.21. The van der Waals surface area contributed by atoms with Crippen LogP contribution in [0.1, 0.15) is 18.8 Å². The van der Waals surface area contributed by atoms with Crippen LogP contribution < -0.4 is 5.32 Å². The first kappa shape index (κ1) is 9.41. The van der Waals surface area contributed by atoms with Crippen LogP contribution in [0.5, 0.6) is 0 Å². The maximum Gasteiger partial charge on any atom is 0.167 e.